The van der Waals surface area contributed by atoms with Gasteiger partial charge in [0, 0.05) is 17.3 Å². The Balaban J connectivity index is 1.98. The van der Waals surface area contributed by atoms with Crippen LogP contribution in [0.25, 0.3) is 0 Å². The van der Waals surface area contributed by atoms with Crippen molar-refractivity contribution in [3.63, 3.8) is 0 Å². The number of methoxy groups -OCH3 is 1. The molecule has 3 rings (SSSR count). The molecule has 0 fully saturated rings. The summed E-state index contributed by atoms with van der Waals surface area (Å²) in [4.78, 5) is 14.6. The molecule has 102 valence electrons. The van der Waals surface area contributed by atoms with Crippen molar-refractivity contribution in [1.29, 1.82) is 0 Å². The van der Waals surface area contributed by atoms with Crippen LogP contribution in [0.15, 0.2) is 48.5 Å². The minimum absolute atomic E-state index is 0.0290. The molecule has 0 saturated carbocycles. The Morgan fingerprint density at radius 1 is 1.20 bits per heavy atom. The van der Waals surface area contributed by atoms with E-state index in [0.29, 0.717) is 11.3 Å². The number of nitrogens with zero attached hydrogens (tertiary/aromatic N) is 1. The van der Waals surface area contributed by atoms with Crippen LogP contribution in [0.5, 0.6) is 5.75 Å². The molecule has 0 radical (unpaired) electrons. The van der Waals surface area contributed by atoms with Crippen LogP contribution in [0.3, 0.4) is 0 Å². The molecular weight excluding hydrogens is 250 g/mol. The molecule has 0 bridgehead atoms. The van der Waals surface area contributed by atoms with Gasteiger partial charge >= 0.3 is 0 Å². The average molecular weight is 267 g/mol. The minimum Gasteiger partial charge on any atom is -0.497 e. The first-order chi connectivity index (χ1) is 9.70. The highest BCUT2D eigenvalue weighted by atomic mass is 16.5. The van der Waals surface area contributed by atoms with Crippen LogP contribution in [0.2, 0.25) is 0 Å². The van der Waals surface area contributed by atoms with E-state index in [4.69, 9.17) is 4.74 Å². The van der Waals surface area contributed by atoms with Gasteiger partial charge in [0.15, 0.2) is 0 Å². The summed E-state index contributed by atoms with van der Waals surface area (Å²) in [6, 6.07) is 15.6. The lowest BCUT2D eigenvalue weighted by molar-refractivity contribution is 0.0981. The van der Waals surface area contributed by atoms with E-state index >= 15 is 0 Å². The van der Waals surface area contributed by atoms with Crippen LogP contribution in [-0.2, 0) is 6.42 Å². The van der Waals surface area contributed by atoms with Crippen LogP contribution in [-0.4, -0.2) is 19.1 Å². The molecule has 2 aromatic carbocycles. The summed E-state index contributed by atoms with van der Waals surface area (Å²) in [7, 11) is 1.61. The number of hydrogen-bond acceptors (Lipinski definition) is 2. The van der Waals surface area contributed by atoms with E-state index in [9.17, 15) is 4.79 Å². The van der Waals surface area contributed by atoms with Crippen LogP contribution in [0, 0.1) is 0 Å². The lowest BCUT2D eigenvalue weighted by Gasteiger charge is -2.23. The SMILES string of the molecule is COc1cccc(C(=O)N2c3ccccc3CC2C)c1. The van der Waals surface area contributed by atoms with Gasteiger partial charge in [-0.05, 0) is 43.2 Å². The van der Waals surface area contributed by atoms with E-state index in [1.165, 1.54) is 5.56 Å². The molecule has 0 spiro atoms. The van der Waals surface area contributed by atoms with Gasteiger partial charge in [0.05, 0.1) is 7.11 Å². The smallest absolute Gasteiger partial charge is 0.258 e. The summed E-state index contributed by atoms with van der Waals surface area (Å²) in [6.45, 7) is 2.08. The zero-order chi connectivity index (χ0) is 14.1. The largest absolute Gasteiger partial charge is 0.497 e. The molecular formula is C17H17NO2. The van der Waals surface area contributed by atoms with Crippen molar-refractivity contribution in [1.82, 2.24) is 0 Å². The maximum atomic E-state index is 12.8. The van der Waals surface area contributed by atoms with E-state index in [1.54, 1.807) is 13.2 Å². The number of fused-ring (bicyclic) bond motifs is 1. The second-order valence-electron chi connectivity index (χ2n) is 5.09. The molecule has 20 heavy (non-hydrogen) atoms. The molecule has 3 heteroatoms. The molecule has 0 N–H and O–H groups in total. The van der Waals surface area contributed by atoms with Gasteiger partial charge in [-0.15, -0.1) is 0 Å². The first kappa shape index (κ1) is 12.7. The number of ether oxygens (including phenoxy) is 1. The Morgan fingerprint density at radius 2 is 2.00 bits per heavy atom. The van der Waals surface area contributed by atoms with E-state index in [-0.39, 0.29) is 11.9 Å². The number of anilines is 1. The van der Waals surface area contributed by atoms with Gasteiger partial charge in [0.2, 0.25) is 0 Å². The maximum Gasteiger partial charge on any atom is 0.258 e. The molecule has 1 aliphatic heterocycles. The molecule has 1 atom stereocenters. The summed E-state index contributed by atoms with van der Waals surface area (Å²) in [5.74, 6) is 0.734. The predicted octanol–water partition coefficient (Wildman–Crippen LogP) is 3.29. The zero-order valence-electron chi connectivity index (χ0n) is 11.7. The Hall–Kier alpha value is -2.29. The highest BCUT2D eigenvalue weighted by Gasteiger charge is 2.31. The van der Waals surface area contributed by atoms with Gasteiger partial charge in [-0.3, -0.25) is 4.79 Å². The summed E-state index contributed by atoms with van der Waals surface area (Å²) in [5.41, 5.74) is 2.91. The summed E-state index contributed by atoms with van der Waals surface area (Å²) < 4.78 is 5.19. The van der Waals surface area contributed by atoms with Crippen molar-refractivity contribution in [3.05, 3.63) is 59.7 Å². The highest BCUT2D eigenvalue weighted by Crippen LogP contribution is 2.33. The second kappa shape index (κ2) is 5.00. The molecule has 0 saturated heterocycles. The standard InChI is InChI=1S/C17H17NO2/c1-12-10-13-6-3-4-9-16(13)18(12)17(19)14-7-5-8-15(11-14)20-2/h3-9,11-12H,10H2,1-2H3. The van der Waals surface area contributed by atoms with Crippen molar-refractivity contribution in [2.45, 2.75) is 19.4 Å². The monoisotopic (exact) mass is 267 g/mol. The number of carbonyl (C=O) groups excluding carboxylic acids is 1. The minimum atomic E-state index is 0.0290. The van der Waals surface area contributed by atoms with Crippen LogP contribution < -0.4 is 9.64 Å². The summed E-state index contributed by atoms with van der Waals surface area (Å²) in [6.07, 6.45) is 0.909. The molecule has 3 nitrogen and oxygen atoms in total. The third kappa shape index (κ3) is 2.05. The summed E-state index contributed by atoms with van der Waals surface area (Å²) >= 11 is 0. The van der Waals surface area contributed by atoms with E-state index in [0.717, 1.165) is 12.1 Å². The maximum absolute atomic E-state index is 12.8. The molecule has 0 aromatic heterocycles. The van der Waals surface area contributed by atoms with Crippen molar-refractivity contribution in [2.75, 3.05) is 12.0 Å². The lowest BCUT2D eigenvalue weighted by Crippen LogP contribution is -2.35. The van der Waals surface area contributed by atoms with Crippen molar-refractivity contribution in [2.24, 2.45) is 0 Å². The van der Waals surface area contributed by atoms with Gasteiger partial charge in [0.25, 0.3) is 5.91 Å². The van der Waals surface area contributed by atoms with Crippen LogP contribution in [0.4, 0.5) is 5.69 Å². The van der Waals surface area contributed by atoms with Gasteiger partial charge in [-0.25, -0.2) is 0 Å². The number of benzene rings is 2. The van der Waals surface area contributed by atoms with Crippen LogP contribution >= 0.6 is 0 Å². The third-order valence-corrected chi connectivity index (χ3v) is 3.74. The Bertz CT molecular complexity index is 651. The fourth-order valence-corrected chi connectivity index (χ4v) is 2.77. The topological polar surface area (TPSA) is 29.5 Å². The van der Waals surface area contributed by atoms with E-state index in [1.807, 2.05) is 41.3 Å². The number of rotatable bonds is 2. The number of hydrogen-bond donors (Lipinski definition) is 0. The molecule has 0 aliphatic carbocycles. The zero-order valence-corrected chi connectivity index (χ0v) is 11.7. The molecule has 2 aromatic rings. The number of amides is 1. The molecule has 1 amide bonds. The number of para-hydroxylation sites is 1. The normalized spacial score (nSPS) is 16.9. The quantitative estimate of drug-likeness (QED) is 0.835. The molecule has 1 aliphatic rings. The van der Waals surface area contributed by atoms with Gasteiger partial charge in [-0.2, -0.15) is 0 Å². The Kier molecular flexibility index (Phi) is 3.18. The first-order valence-corrected chi connectivity index (χ1v) is 6.76. The fraction of sp³-hybridized carbons (Fsp3) is 0.235. The van der Waals surface area contributed by atoms with Crippen molar-refractivity contribution < 1.29 is 9.53 Å². The fourth-order valence-electron chi connectivity index (χ4n) is 2.77. The summed E-state index contributed by atoms with van der Waals surface area (Å²) in [5, 5.41) is 0. The van der Waals surface area contributed by atoms with Crippen molar-refractivity contribution in [3.8, 4) is 5.75 Å². The second-order valence-corrected chi connectivity index (χ2v) is 5.09. The predicted molar refractivity (Wildman–Crippen MR) is 79.4 cm³/mol. The van der Waals surface area contributed by atoms with E-state index in [2.05, 4.69) is 13.0 Å². The highest BCUT2D eigenvalue weighted by molar-refractivity contribution is 6.07. The molecule has 1 heterocycles. The number of carbonyl (C=O) groups is 1. The Morgan fingerprint density at radius 3 is 2.80 bits per heavy atom. The Labute approximate surface area is 118 Å². The van der Waals surface area contributed by atoms with Gasteiger partial charge < -0.3 is 9.64 Å². The first-order valence-electron chi connectivity index (χ1n) is 6.76. The van der Waals surface area contributed by atoms with Crippen LogP contribution in [0.1, 0.15) is 22.8 Å². The lowest BCUT2D eigenvalue weighted by atomic mass is 10.1. The van der Waals surface area contributed by atoms with Gasteiger partial charge in [-0.1, -0.05) is 24.3 Å². The van der Waals surface area contributed by atoms with Gasteiger partial charge in [0.1, 0.15) is 5.75 Å². The molecule has 1 unspecified atom stereocenters. The average Bonchev–Trinajstić information content (AvgIpc) is 2.82. The van der Waals surface area contributed by atoms with Crippen molar-refractivity contribution >= 4 is 11.6 Å². The third-order valence-electron chi connectivity index (χ3n) is 3.74. The van der Waals surface area contributed by atoms with E-state index < -0.39 is 0 Å².